The lowest BCUT2D eigenvalue weighted by Gasteiger charge is -2.26. The van der Waals surface area contributed by atoms with Gasteiger partial charge in [-0.2, -0.15) is 0 Å². The first-order valence-corrected chi connectivity index (χ1v) is 9.60. The lowest BCUT2D eigenvalue weighted by Crippen LogP contribution is -2.41. The summed E-state index contributed by atoms with van der Waals surface area (Å²) in [5.41, 5.74) is 2.04. The van der Waals surface area contributed by atoms with Crippen LogP contribution in [0.25, 0.3) is 0 Å². The third-order valence-corrected chi connectivity index (χ3v) is 4.86. The normalized spacial score (nSPS) is 14.6. The fourth-order valence-corrected chi connectivity index (χ4v) is 3.15. The molecule has 0 aliphatic carbocycles. The maximum Gasteiger partial charge on any atom is 0.161 e. The Kier molecular flexibility index (Phi) is 7.45. The monoisotopic (exact) mass is 386 g/mol. The van der Waals surface area contributed by atoms with Crippen molar-refractivity contribution in [2.45, 2.75) is 6.61 Å². The number of thiocarbonyl (C=S) groups is 1. The summed E-state index contributed by atoms with van der Waals surface area (Å²) >= 11 is 5.53. The number of rotatable bonds is 8. The van der Waals surface area contributed by atoms with Gasteiger partial charge in [0.2, 0.25) is 0 Å². The molecule has 1 aliphatic heterocycles. The Morgan fingerprint density at radius 1 is 1.11 bits per heavy atom. The molecule has 1 fully saturated rings. The van der Waals surface area contributed by atoms with Gasteiger partial charge in [-0.3, -0.25) is 4.90 Å². The smallest absolute Gasteiger partial charge is 0.161 e. The van der Waals surface area contributed by atoms with Gasteiger partial charge in [0.1, 0.15) is 11.6 Å². The molecule has 5 nitrogen and oxygen atoms in total. The Hall–Kier alpha value is -2.15. The molecule has 0 atom stereocenters. The number of nitrogens with one attached hydrogen (secondary N) is 1. The molecule has 3 rings (SSSR count). The molecule has 1 N–H and O–H groups in total. The third kappa shape index (κ3) is 5.92. The van der Waals surface area contributed by atoms with Crippen molar-refractivity contribution in [2.24, 2.45) is 0 Å². The fraction of sp³-hybridized carbons (Fsp3) is 0.381. The number of nitrogens with zero attached hydrogens (tertiary/aromatic N) is 1. The van der Waals surface area contributed by atoms with E-state index in [0.29, 0.717) is 18.1 Å². The maximum atomic E-state index is 5.90. The number of hydrogen-bond donors (Lipinski definition) is 1. The predicted molar refractivity (Wildman–Crippen MR) is 111 cm³/mol. The van der Waals surface area contributed by atoms with Crippen LogP contribution in [0, 0.1) is 0 Å². The van der Waals surface area contributed by atoms with Crippen molar-refractivity contribution >= 4 is 17.2 Å². The van der Waals surface area contributed by atoms with Crippen LogP contribution in [0.5, 0.6) is 11.5 Å². The van der Waals surface area contributed by atoms with E-state index in [9.17, 15) is 0 Å². The molecule has 0 bridgehead atoms. The Morgan fingerprint density at radius 2 is 1.89 bits per heavy atom. The number of hydrogen-bond acceptors (Lipinski definition) is 5. The Bertz CT molecular complexity index is 733. The second-order valence-corrected chi connectivity index (χ2v) is 6.76. The molecule has 2 aromatic carbocycles. The maximum absolute atomic E-state index is 5.90. The molecule has 6 heteroatoms. The highest BCUT2D eigenvalue weighted by atomic mass is 32.1. The summed E-state index contributed by atoms with van der Waals surface area (Å²) in [6.45, 7) is 5.86. The number of methoxy groups -OCH3 is 1. The van der Waals surface area contributed by atoms with Gasteiger partial charge in [-0.25, -0.2) is 0 Å². The summed E-state index contributed by atoms with van der Waals surface area (Å²) in [6.07, 6.45) is 0. The lowest BCUT2D eigenvalue weighted by atomic mass is 10.2. The molecule has 1 saturated heterocycles. The molecule has 2 aromatic rings. The van der Waals surface area contributed by atoms with E-state index in [1.807, 2.05) is 48.5 Å². The van der Waals surface area contributed by atoms with Crippen LogP contribution in [0.3, 0.4) is 0 Å². The van der Waals surface area contributed by atoms with Gasteiger partial charge in [-0.1, -0.05) is 42.5 Å². The molecule has 0 saturated carbocycles. The summed E-state index contributed by atoms with van der Waals surface area (Å²) in [6, 6.07) is 15.9. The highest BCUT2D eigenvalue weighted by Gasteiger charge is 2.11. The van der Waals surface area contributed by atoms with E-state index in [1.165, 1.54) is 0 Å². The molecule has 0 unspecified atom stereocenters. The van der Waals surface area contributed by atoms with Crippen LogP contribution in [0.1, 0.15) is 11.1 Å². The van der Waals surface area contributed by atoms with Crippen LogP contribution < -0.4 is 14.8 Å². The molecule has 0 aromatic heterocycles. The molecule has 0 amide bonds. The van der Waals surface area contributed by atoms with Crippen LogP contribution in [-0.4, -0.2) is 56.4 Å². The minimum Gasteiger partial charge on any atom is -0.493 e. The highest BCUT2D eigenvalue weighted by Crippen LogP contribution is 2.29. The first-order valence-electron chi connectivity index (χ1n) is 9.19. The van der Waals surface area contributed by atoms with Crippen LogP contribution in [0.4, 0.5) is 0 Å². The van der Waals surface area contributed by atoms with Crippen LogP contribution in [0.15, 0.2) is 48.5 Å². The van der Waals surface area contributed by atoms with Gasteiger partial charge in [0.25, 0.3) is 0 Å². The first kappa shape index (κ1) is 19.6. The minimum atomic E-state index is 0.499. The average Bonchev–Trinajstić information content (AvgIpc) is 2.73. The van der Waals surface area contributed by atoms with Crippen molar-refractivity contribution in [3.63, 3.8) is 0 Å². The lowest BCUT2D eigenvalue weighted by molar-refractivity contribution is 0.0389. The Labute approximate surface area is 166 Å². The van der Waals surface area contributed by atoms with Crippen LogP contribution in [-0.2, 0) is 11.3 Å². The quantitative estimate of drug-likeness (QED) is 0.704. The summed E-state index contributed by atoms with van der Waals surface area (Å²) in [7, 11) is 1.64. The van der Waals surface area contributed by atoms with Crippen molar-refractivity contribution in [1.29, 1.82) is 0 Å². The van der Waals surface area contributed by atoms with Gasteiger partial charge < -0.3 is 19.5 Å². The standard InChI is InChI=1S/C21H26N2O3S/c1-24-20-15-18(21(27)22-9-10-23-11-13-25-14-12-23)7-8-19(20)26-16-17-5-3-2-4-6-17/h2-8,15H,9-14,16H2,1H3,(H,22,27). The first-order chi connectivity index (χ1) is 13.3. The van der Waals surface area contributed by atoms with E-state index >= 15 is 0 Å². The van der Waals surface area contributed by atoms with E-state index < -0.39 is 0 Å². The van der Waals surface area contributed by atoms with Gasteiger partial charge in [0.05, 0.1) is 20.3 Å². The number of benzene rings is 2. The molecular formula is C21H26N2O3S. The van der Waals surface area contributed by atoms with E-state index in [1.54, 1.807) is 7.11 Å². The van der Waals surface area contributed by atoms with Crippen molar-refractivity contribution in [3.8, 4) is 11.5 Å². The van der Waals surface area contributed by atoms with Crippen molar-refractivity contribution in [2.75, 3.05) is 46.5 Å². The molecule has 1 heterocycles. The molecule has 27 heavy (non-hydrogen) atoms. The summed E-state index contributed by atoms with van der Waals surface area (Å²) < 4.78 is 16.8. The number of ether oxygens (including phenoxy) is 3. The van der Waals surface area contributed by atoms with Gasteiger partial charge in [0.15, 0.2) is 11.5 Å². The van der Waals surface area contributed by atoms with E-state index in [0.717, 1.165) is 55.5 Å². The largest absolute Gasteiger partial charge is 0.493 e. The van der Waals surface area contributed by atoms with Crippen molar-refractivity contribution in [1.82, 2.24) is 10.2 Å². The predicted octanol–water partition coefficient (Wildman–Crippen LogP) is 2.87. The van der Waals surface area contributed by atoms with Crippen molar-refractivity contribution < 1.29 is 14.2 Å². The van der Waals surface area contributed by atoms with Crippen LogP contribution >= 0.6 is 12.2 Å². The van der Waals surface area contributed by atoms with Gasteiger partial charge in [0, 0.05) is 31.7 Å². The van der Waals surface area contributed by atoms with E-state index in [-0.39, 0.29) is 0 Å². The second-order valence-electron chi connectivity index (χ2n) is 6.35. The minimum absolute atomic E-state index is 0.499. The Balaban J connectivity index is 1.53. The Morgan fingerprint density at radius 3 is 2.63 bits per heavy atom. The second kappa shape index (κ2) is 10.3. The summed E-state index contributed by atoms with van der Waals surface area (Å²) in [5, 5.41) is 3.33. The van der Waals surface area contributed by atoms with Gasteiger partial charge in [-0.15, -0.1) is 0 Å². The van der Waals surface area contributed by atoms with Gasteiger partial charge in [-0.05, 0) is 23.8 Å². The fourth-order valence-electron chi connectivity index (χ4n) is 2.92. The van der Waals surface area contributed by atoms with Gasteiger partial charge >= 0.3 is 0 Å². The topological polar surface area (TPSA) is 43.0 Å². The summed E-state index contributed by atoms with van der Waals surface area (Å²) in [5.74, 6) is 1.39. The molecule has 0 spiro atoms. The molecular weight excluding hydrogens is 360 g/mol. The van der Waals surface area contributed by atoms with E-state index in [4.69, 9.17) is 26.4 Å². The zero-order chi connectivity index (χ0) is 18.9. The van der Waals surface area contributed by atoms with E-state index in [2.05, 4.69) is 10.2 Å². The van der Waals surface area contributed by atoms with Crippen molar-refractivity contribution in [3.05, 3.63) is 59.7 Å². The number of morpholine rings is 1. The summed E-state index contributed by atoms with van der Waals surface area (Å²) in [4.78, 5) is 3.09. The molecule has 144 valence electrons. The zero-order valence-corrected chi connectivity index (χ0v) is 16.5. The van der Waals surface area contributed by atoms with Crippen LogP contribution in [0.2, 0.25) is 0 Å². The highest BCUT2D eigenvalue weighted by molar-refractivity contribution is 7.80. The third-order valence-electron chi connectivity index (χ3n) is 4.48. The molecule has 1 aliphatic rings. The zero-order valence-electron chi connectivity index (χ0n) is 15.6. The molecule has 0 radical (unpaired) electrons. The SMILES string of the molecule is COc1cc(C(=S)NCCN2CCOCC2)ccc1OCc1ccccc1. The average molecular weight is 387 g/mol.